The molecule has 1 aliphatic heterocycles. The van der Waals surface area contributed by atoms with Crippen LogP contribution in [0.1, 0.15) is 19.3 Å². The number of hydrogen-bond donors (Lipinski definition) is 3. The van der Waals surface area contributed by atoms with Gasteiger partial charge < -0.3 is 20.7 Å². The Morgan fingerprint density at radius 1 is 1.27 bits per heavy atom. The number of carbonyl (C=O) groups is 2. The first-order chi connectivity index (χ1) is 10.2. The lowest BCUT2D eigenvalue weighted by Gasteiger charge is -2.22. The molecular formula is C15H22ClN3O3. The van der Waals surface area contributed by atoms with Crippen LogP contribution in [0.2, 0.25) is 0 Å². The molecule has 1 aliphatic rings. The van der Waals surface area contributed by atoms with Crippen molar-refractivity contribution in [3.05, 3.63) is 24.3 Å². The largest absolute Gasteiger partial charge is 0.484 e. The summed E-state index contributed by atoms with van der Waals surface area (Å²) in [6.07, 6.45) is 3.08. The predicted molar refractivity (Wildman–Crippen MR) is 87.5 cm³/mol. The molecule has 0 spiro atoms. The highest BCUT2D eigenvalue weighted by Crippen LogP contribution is 2.16. The number of benzene rings is 1. The monoisotopic (exact) mass is 327 g/mol. The standard InChI is InChI=1S/C15H21N3O3.ClH/c1-16-14(19)10-21-12-7-5-11(6-8-12)18-15(20)13-4-2-3-9-17-13;/h5-8,13,17H,2-4,9-10H2,1H3,(H,16,19)(H,18,20);1H. The van der Waals surface area contributed by atoms with Gasteiger partial charge in [-0.15, -0.1) is 12.4 Å². The molecule has 0 bridgehead atoms. The highest BCUT2D eigenvalue weighted by molar-refractivity contribution is 5.94. The molecule has 1 unspecified atom stereocenters. The van der Waals surface area contributed by atoms with Gasteiger partial charge in [-0.2, -0.15) is 0 Å². The quantitative estimate of drug-likeness (QED) is 0.762. The average Bonchev–Trinajstić information content (AvgIpc) is 2.54. The van der Waals surface area contributed by atoms with Crippen LogP contribution in [-0.2, 0) is 9.59 Å². The lowest BCUT2D eigenvalue weighted by Crippen LogP contribution is -2.43. The molecule has 122 valence electrons. The van der Waals surface area contributed by atoms with Gasteiger partial charge in [0.15, 0.2) is 6.61 Å². The van der Waals surface area contributed by atoms with Gasteiger partial charge in [-0.25, -0.2) is 0 Å². The van der Waals surface area contributed by atoms with E-state index in [0.717, 1.165) is 31.5 Å². The number of likely N-dealkylation sites (N-methyl/N-ethyl adjacent to an activating group) is 1. The Labute approximate surface area is 136 Å². The molecular weight excluding hydrogens is 306 g/mol. The number of halogens is 1. The summed E-state index contributed by atoms with van der Waals surface area (Å²) < 4.78 is 5.30. The predicted octanol–water partition coefficient (Wildman–Crippen LogP) is 1.31. The molecule has 1 atom stereocenters. The maximum Gasteiger partial charge on any atom is 0.257 e. The molecule has 0 aliphatic carbocycles. The summed E-state index contributed by atoms with van der Waals surface area (Å²) in [5, 5.41) is 8.57. The van der Waals surface area contributed by atoms with Crippen molar-refractivity contribution >= 4 is 29.9 Å². The number of nitrogens with one attached hydrogen (secondary N) is 3. The van der Waals surface area contributed by atoms with Gasteiger partial charge in [0.1, 0.15) is 5.75 Å². The van der Waals surface area contributed by atoms with Gasteiger partial charge in [0.05, 0.1) is 6.04 Å². The minimum absolute atomic E-state index is 0. The van der Waals surface area contributed by atoms with Crippen molar-refractivity contribution in [2.45, 2.75) is 25.3 Å². The Kier molecular flexibility index (Phi) is 7.70. The van der Waals surface area contributed by atoms with E-state index in [-0.39, 0.29) is 36.9 Å². The normalized spacial score (nSPS) is 17.0. The molecule has 7 heteroatoms. The van der Waals surface area contributed by atoms with Gasteiger partial charge in [0.25, 0.3) is 5.91 Å². The van der Waals surface area contributed by atoms with Crippen LogP contribution in [0.5, 0.6) is 5.75 Å². The second kappa shape index (κ2) is 9.27. The number of piperidine rings is 1. The highest BCUT2D eigenvalue weighted by atomic mass is 35.5. The molecule has 0 radical (unpaired) electrons. The van der Waals surface area contributed by atoms with Gasteiger partial charge in [0.2, 0.25) is 5.91 Å². The third kappa shape index (κ3) is 5.54. The fourth-order valence-electron chi connectivity index (χ4n) is 2.16. The Hall–Kier alpha value is -1.79. The minimum atomic E-state index is -0.184. The van der Waals surface area contributed by atoms with E-state index in [1.54, 1.807) is 31.3 Å². The van der Waals surface area contributed by atoms with E-state index in [0.29, 0.717) is 5.75 Å². The van der Waals surface area contributed by atoms with E-state index >= 15 is 0 Å². The van der Waals surface area contributed by atoms with Gasteiger partial charge >= 0.3 is 0 Å². The Balaban J connectivity index is 0.00000242. The first-order valence-corrected chi connectivity index (χ1v) is 7.17. The number of carbonyl (C=O) groups excluding carboxylic acids is 2. The minimum Gasteiger partial charge on any atom is -0.484 e. The highest BCUT2D eigenvalue weighted by Gasteiger charge is 2.20. The maximum absolute atomic E-state index is 12.0. The molecule has 2 amide bonds. The topological polar surface area (TPSA) is 79.5 Å². The zero-order chi connectivity index (χ0) is 15.1. The second-order valence-corrected chi connectivity index (χ2v) is 4.98. The number of anilines is 1. The molecule has 2 rings (SSSR count). The van der Waals surface area contributed by atoms with Crippen molar-refractivity contribution in [2.24, 2.45) is 0 Å². The molecule has 1 heterocycles. The smallest absolute Gasteiger partial charge is 0.257 e. The maximum atomic E-state index is 12.0. The van der Waals surface area contributed by atoms with Crippen LogP contribution in [0.3, 0.4) is 0 Å². The van der Waals surface area contributed by atoms with Crippen molar-refractivity contribution in [1.82, 2.24) is 10.6 Å². The van der Waals surface area contributed by atoms with Crippen molar-refractivity contribution in [3.63, 3.8) is 0 Å². The zero-order valence-corrected chi connectivity index (χ0v) is 13.4. The van der Waals surface area contributed by atoms with Gasteiger partial charge in [-0.3, -0.25) is 9.59 Å². The van der Waals surface area contributed by atoms with E-state index in [2.05, 4.69) is 16.0 Å². The van der Waals surface area contributed by atoms with E-state index in [4.69, 9.17) is 4.74 Å². The third-order valence-electron chi connectivity index (χ3n) is 3.40. The summed E-state index contributed by atoms with van der Waals surface area (Å²) in [5.41, 5.74) is 0.722. The molecule has 0 saturated carbocycles. The van der Waals surface area contributed by atoms with Crippen molar-refractivity contribution in [2.75, 3.05) is 25.5 Å². The summed E-state index contributed by atoms with van der Waals surface area (Å²) in [6.45, 7) is 0.874. The molecule has 22 heavy (non-hydrogen) atoms. The van der Waals surface area contributed by atoms with Gasteiger partial charge in [0, 0.05) is 12.7 Å². The first-order valence-electron chi connectivity index (χ1n) is 7.17. The number of ether oxygens (including phenoxy) is 1. The fraction of sp³-hybridized carbons (Fsp3) is 0.467. The fourth-order valence-corrected chi connectivity index (χ4v) is 2.16. The van der Waals surface area contributed by atoms with Crippen molar-refractivity contribution < 1.29 is 14.3 Å². The molecule has 0 aromatic heterocycles. The molecule has 1 aromatic rings. The van der Waals surface area contributed by atoms with Gasteiger partial charge in [-0.1, -0.05) is 6.42 Å². The zero-order valence-electron chi connectivity index (χ0n) is 12.6. The lowest BCUT2D eigenvalue weighted by atomic mass is 10.0. The van der Waals surface area contributed by atoms with E-state index in [9.17, 15) is 9.59 Å². The van der Waals surface area contributed by atoms with Crippen LogP contribution < -0.4 is 20.7 Å². The molecule has 6 nitrogen and oxygen atoms in total. The SMILES string of the molecule is CNC(=O)COc1ccc(NC(=O)C2CCCCN2)cc1.Cl. The number of amides is 2. The summed E-state index contributed by atoms with van der Waals surface area (Å²) in [7, 11) is 1.56. The van der Waals surface area contributed by atoms with Crippen LogP contribution in [0, 0.1) is 0 Å². The molecule has 3 N–H and O–H groups in total. The lowest BCUT2D eigenvalue weighted by molar-refractivity contribution is -0.122. The Bertz CT molecular complexity index is 487. The number of rotatable bonds is 5. The Morgan fingerprint density at radius 2 is 2.00 bits per heavy atom. The number of hydrogen-bond acceptors (Lipinski definition) is 4. The Morgan fingerprint density at radius 3 is 2.59 bits per heavy atom. The molecule has 1 fully saturated rings. The average molecular weight is 328 g/mol. The van der Waals surface area contributed by atoms with Crippen molar-refractivity contribution in [1.29, 1.82) is 0 Å². The van der Waals surface area contributed by atoms with Crippen molar-refractivity contribution in [3.8, 4) is 5.75 Å². The van der Waals surface area contributed by atoms with E-state index in [1.807, 2.05) is 0 Å². The molecule has 1 saturated heterocycles. The molecule has 1 aromatic carbocycles. The third-order valence-corrected chi connectivity index (χ3v) is 3.40. The summed E-state index contributed by atoms with van der Waals surface area (Å²) in [4.78, 5) is 23.1. The van der Waals surface area contributed by atoms with Crippen LogP contribution >= 0.6 is 12.4 Å². The van der Waals surface area contributed by atoms with Gasteiger partial charge in [-0.05, 0) is 43.7 Å². The summed E-state index contributed by atoms with van der Waals surface area (Å²) >= 11 is 0. The van der Waals surface area contributed by atoms with E-state index < -0.39 is 0 Å². The van der Waals surface area contributed by atoms with Crippen LogP contribution in [0.4, 0.5) is 5.69 Å². The van der Waals surface area contributed by atoms with E-state index in [1.165, 1.54) is 0 Å². The van der Waals surface area contributed by atoms with Crippen LogP contribution in [-0.4, -0.2) is 38.1 Å². The van der Waals surface area contributed by atoms with Crippen LogP contribution in [0.15, 0.2) is 24.3 Å². The summed E-state index contributed by atoms with van der Waals surface area (Å²) in [6, 6.07) is 6.88. The second-order valence-electron chi connectivity index (χ2n) is 4.98. The van der Waals surface area contributed by atoms with Crippen LogP contribution in [0.25, 0.3) is 0 Å². The first kappa shape index (κ1) is 18.3. The summed E-state index contributed by atoms with van der Waals surface area (Å²) in [5.74, 6) is 0.400.